The lowest BCUT2D eigenvalue weighted by molar-refractivity contribution is -0.137. The zero-order chi connectivity index (χ0) is 15.5. The van der Waals surface area contributed by atoms with Crippen LogP contribution in [0.15, 0.2) is 42.6 Å². The van der Waals surface area contributed by atoms with Gasteiger partial charge < -0.3 is 10.6 Å². The molecule has 0 aliphatic rings. The Bertz CT molecular complexity index is 611. The molecule has 0 bridgehead atoms. The van der Waals surface area contributed by atoms with Crippen molar-refractivity contribution in [3.05, 3.63) is 59.3 Å². The first kappa shape index (κ1) is 15.3. The molecule has 0 spiro atoms. The van der Waals surface area contributed by atoms with Crippen LogP contribution >= 0.6 is 0 Å². The maximum absolute atomic E-state index is 12.7. The number of benzene rings is 1. The zero-order valence-corrected chi connectivity index (χ0v) is 11.6. The van der Waals surface area contributed by atoms with Crippen molar-refractivity contribution in [1.82, 2.24) is 4.98 Å². The number of aromatic nitrogens is 1. The number of rotatable bonds is 4. The Morgan fingerprint density at radius 1 is 1.14 bits per heavy atom. The molecule has 2 rings (SSSR count). The average Bonchev–Trinajstić information content (AvgIpc) is 2.46. The third kappa shape index (κ3) is 3.95. The Morgan fingerprint density at radius 3 is 2.52 bits per heavy atom. The second-order valence-corrected chi connectivity index (χ2v) is 4.78. The Labute approximate surface area is 121 Å². The lowest BCUT2D eigenvalue weighted by Crippen LogP contribution is -2.19. The number of hydrogen-bond acceptors (Lipinski definition) is 3. The van der Waals surface area contributed by atoms with Crippen molar-refractivity contribution >= 4 is 5.82 Å². The van der Waals surface area contributed by atoms with Crippen LogP contribution in [0.4, 0.5) is 19.0 Å². The summed E-state index contributed by atoms with van der Waals surface area (Å²) in [4.78, 5) is 5.66. The van der Waals surface area contributed by atoms with Crippen LogP contribution in [0.2, 0.25) is 0 Å². The van der Waals surface area contributed by atoms with E-state index in [0.29, 0.717) is 13.1 Å². The predicted molar refractivity (Wildman–Crippen MR) is 75.7 cm³/mol. The van der Waals surface area contributed by atoms with Crippen LogP contribution < -0.4 is 10.6 Å². The van der Waals surface area contributed by atoms with E-state index in [0.717, 1.165) is 23.3 Å². The van der Waals surface area contributed by atoms with Crippen LogP contribution in [-0.2, 0) is 19.3 Å². The van der Waals surface area contributed by atoms with Gasteiger partial charge in [-0.3, -0.25) is 0 Å². The van der Waals surface area contributed by atoms with Crippen LogP contribution in [0.1, 0.15) is 16.7 Å². The average molecular weight is 295 g/mol. The fraction of sp³-hybridized carbons (Fsp3) is 0.267. The van der Waals surface area contributed by atoms with Gasteiger partial charge in [0.15, 0.2) is 0 Å². The first-order chi connectivity index (χ1) is 9.90. The van der Waals surface area contributed by atoms with Crippen LogP contribution in [-0.4, -0.2) is 12.0 Å². The highest BCUT2D eigenvalue weighted by Gasteiger charge is 2.31. The van der Waals surface area contributed by atoms with Crippen molar-refractivity contribution in [2.24, 2.45) is 5.73 Å². The molecule has 21 heavy (non-hydrogen) atoms. The Hall–Kier alpha value is -2.08. The minimum absolute atomic E-state index is 0.281. The fourth-order valence-electron chi connectivity index (χ4n) is 2.01. The molecule has 3 nitrogen and oxygen atoms in total. The first-order valence-electron chi connectivity index (χ1n) is 6.42. The number of nitrogens with two attached hydrogens (primary N) is 1. The van der Waals surface area contributed by atoms with Gasteiger partial charge in [-0.2, -0.15) is 13.2 Å². The summed E-state index contributed by atoms with van der Waals surface area (Å²) in [6, 6.07) is 9.64. The van der Waals surface area contributed by atoms with Crippen LogP contribution in [0, 0.1) is 0 Å². The predicted octanol–water partition coefficient (Wildman–Crippen LogP) is 3.20. The van der Waals surface area contributed by atoms with Crippen molar-refractivity contribution in [2.75, 3.05) is 11.9 Å². The van der Waals surface area contributed by atoms with Crippen molar-refractivity contribution < 1.29 is 13.2 Å². The topological polar surface area (TPSA) is 42.1 Å². The normalized spacial score (nSPS) is 11.5. The molecule has 0 radical (unpaired) electrons. The van der Waals surface area contributed by atoms with E-state index in [9.17, 15) is 13.2 Å². The highest BCUT2D eigenvalue weighted by Crippen LogP contribution is 2.30. The lowest BCUT2D eigenvalue weighted by Gasteiger charge is -2.19. The van der Waals surface area contributed by atoms with Gasteiger partial charge in [0.2, 0.25) is 0 Å². The van der Waals surface area contributed by atoms with E-state index in [1.54, 1.807) is 11.9 Å². The van der Waals surface area contributed by atoms with Crippen LogP contribution in [0.25, 0.3) is 0 Å². The maximum Gasteiger partial charge on any atom is 0.416 e. The fourth-order valence-corrected chi connectivity index (χ4v) is 2.01. The summed E-state index contributed by atoms with van der Waals surface area (Å²) in [6.07, 6.45) is -3.19. The number of nitrogens with zero attached hydrogens (tertiary/aromatic N) is 2. The maximum atomic E-state index is 12.7. The van der Waals surface area contributed by atoms with Gasteiger partial charge in [-0.15, -0.1) is 0 Å². The third-order valence-corrected chi connectivity index (χ3v) is 3.11. The van der Waals surface area contributed by atoms with E-state index >= 15 is 0 Å². The minimum atomic E-state index is -4.36. The van der Waals surface area contributed by atoms with Gasteiger partial charge in [0.05, 0.1) is 5.56 Å². The van der Waals surface area contributed by atoms with Gasteiger partial charge in [0.1, 0.15) is 5.82 Å². The van der Waals surface area contributed by atoms with Gasteiger partial charge in [-0.05, 0) is 23.3 Å². The SMILES string of the molecule is CN(Cc1cccc(CN)c1)c1cc(C(F)(F)F)ccn1. The molecule has 0 atom stereocenters. The molecule has 0 saturated heterocycles. The highest BCUT2D eigenvalue weighted by atomic mass is 19.4. The lowest BCUT2D eigenvalue weighted by atomic mass is 10.1. The number of anilines is 1. The molecule has 0 aliphatic heterocycles. The molecule has 1 heterocycles. The zero-order valence-electron chi connectivity index (χ0n) is 11.6. The Balaban J connectivity index is 2.18. The summed E-state index contributed by atoms with van der Waals surface area (Å²) < 4.78 is 38.1. The molecule has 0 amide bonds. The second kappa shape index (κ2) is 6.13. The van der Waals surface area contributed by atoms with Gasteiger partial charge >= 0.3 is 6.18 Å². The van der Waals surface area contributed by atoms with Crippen LogP contribution in [0.5, 0.6) is 0 Å². The summed E-state index contributed by atoms with van der Waals surface area (Å²) in [5, 5.41) is 0. The summed E-state index contributed by atoms with van der Waals surface area (Å²) in [5.74, 6) is 0.281. The molecule has 1 aromatic heterocycles. The van der Waals surface area contributed by atoms with Crippen molar-refractivity contribution in [2.45, 2.75) is 19.3 Å². The van der Waals surface area contributed by atoms with Gasteiger partial charge in [0, 0.05) is 26.3 Å². The number of pyridine rings is 1. The molecule has 0 saturated carbocycles. The van der Waals surface area contributed by atoms with E-state index in [1.165, 1.54) is 6.20 Å². The molecule has 112 valence electrons. The highest BCUT2D eigenvalue weighted by molar-refractivity contribution is 5.42. The quantitative estimate of drug-likeness (QED) is 0.942. The number of hydrogen-bond donors (Lipinski definition) is 1. The van der Waals surface area contributed by atoms with E-state index in [4.69, 9.17) is 5.73 Å². The van der Waals surface area contributed by atoms with E-state index < -0.39 is 11.7 Å². The van der Waals surface area contributed by atoms with E-state index in [1.807, 2.05) is 24.3 Å². The van der Waals surface area contributed by atoms with Gasteiger partial charge in [0.25, 0.3) is 0 Å². The van der Waals surface area contributed by atoms with Crippen molar-refractivity contribution in [3.8, 4) is 0 Å². The Morgan fingerprint density at radius 2 is 1.86 bits per heavy atom. The molecule has 0 fully saturated rings. The minimum Gasteiger partial charge on any atom is -0.355 e. The summed E-state index contributed by atoms with van der Waals surface area (Å²) in [5.41, 5.74) is 6.83. The second-order valence-electron chi connectivity index (χ2n) is 4.78. The molecular formula is C15H16F3N3. The molecule has 1 aromatic carbocycles. The molecular weight excluding hydrogens is 279 g/mol. The number of halogens is 3. The van der Waals surface area contributed by atoms with Crippen molar-refractivity contribution in [3.63, 3.8) is 0 Å². The Kier molecular flexibility index (Phi) is 4.47. The molecule has 2 aromatic rings. The first-order valence-corrected chi connectivity index (χ1v) is 6.42. The standard InChI is InChI=1S/C15H16F3N3/c1-21(10-12-4-2-3-11(7-12)9-19)14-8-13(5-6-20-14)15(16,17)18/h2-8H,9-10,19H2,1H3. The largest absolute Gasteiger partial charge is 0.416 e. The van der Waals surface area contributed by atoms with Crippen molar-refractivity contribution in [1.29, 1.82) is 0 Å². The molecule has 0 unspecified atom stereocenters. The number of alkyl halides is 3. The van der Waals surface area contributed by atoms with Gasteiger partial charge in [-0.25, -0.2) is 4.98 Å². The van der Waals surface area contributed by atoms with Gasteiger partial charge in [-0.1, -0.05) is 24.3 Å². The summed E-state index contributed by atoms with van der Waals surface area (Å²) >= 11 is 0. The van der Waals surface area contributed by atoms with E-state index in [2.05, 4.69) is 4.98 Å². The summed E-state index contributed by atoms with van der Waals surface area (Å²) in [6.45, 7) is 0.890. The summed E-state index contributed by atoms with van der Waals surface area (Å²) in [7, 11) is 1.71. The molecule has 0 aliphatic carbocycles. The molecule has 2 N–H and O–H groups in total. The smallest absolute Gasteiger partial charge is 0.355 e. The van der Waals surface area contributed by atoms with Crippen LogP contribution in [0.3, 0.4) is 0 Å². The van der Waals surface area contributed by atoms with E-state index in [-0.39, 0.29) is 5.82 Å². The molecule has 6 heteroatoms. The monoisotopic (exact) mass is 295 g/mol. The third-order valence-electron chi connectivity index (χ3n) is 3.11.